The standard InChI is InChI=1S/C11H11N3O3/c1-14-10(11(15)16)8(5-13-14)7-17-9-3-2-4-12-6-9/h2-6H,7H2,1H3,(H,15,16). The second-order valence-corrected chi connectivity index (χ2v) is 3.42. The Morgan fingerprint density at radius 2 is 2.35 bits per heavy atom. The Kier molecular flexibility index (Phi) is 3.04. The highest BCUT2D eigenvalue weighted by atomic mass is 16.5. The predicted molar refractivity (Wildman–Crippen MR) is 58.7 cm³/mol. The zero-order chi connectivity index (χ0) is 12.3. The summed E-state index contributed by atoms with van der Waals surface area (Å²) in [5.74, 6) is -0.428. The molecular formula is C11H11N3O3. The first-order chi connectivity index (χ1) is 8.18. The van der Waals surface area contributed by atoms with Crippen molar-refractivity contribution in [2.45, 2.75) is 6.61 Å². The Hall–Kier alpha value is -2.37. The maximum absolute atomic E-state index is 11.0. The number of hydrogen-bond acceptors (Lipinski definition) is 4. The molecule has 0 aromatic carbocycles. The number of carboxylic acids is 1. The fraction of sp³-hybridized carbons (Fsp3) is 0.182. The third kappa shape index (κ3) is 2.41. The third-order valence-electron chi connectivity index (χ3n) is 2.25. The molecule has 0 unspecified atom stereocenters. The molecule has 0 fully saturated rings. The minimum absolute atomic E-state index is 0.133. The second-order valence-electron chi connectivity index (χ2n) is 3.42. The molecule has 0 spiro atoms. The summed E-state index contributed by atoms with van der Waals surface area (Å²) in [7, 11) is 1.58. The second kappa shape index (κ2) is 4.65. The maximum Gasteiger partial charge on any atom is 0.354 e. The Morgan fingerprint density at radius 1 is 1.53 bits per heavy atom. The van der Waals surface area contributed by atoms with Gasteiger partial charge in [0.2, 0.25) is 0 Å². The summed E-state index contributed by atoms with van der Waals surface area (Å²) in [6.07, 6.45) is 4.69. The molecule has 0 aliphatic carbocycles. The Balaban J connectivity index is 2.12. The van der Waals surface area contributed by atoms with Crippen LogP contribution in [-0.2, 0) is 13.7 Å². The molecule has 0 saturated carbocycles. The van der Waals surface area contributed by atoms with E-state index in [9.17, 15) is 4.79 Å². The summed E-state index contributed by atoms with van der Waals surface area (Å²) in [5, 5.41) is 12.9. The topological polar surface area (TPSA) is 77.2 Å². The SMILES string of the molecule is Cn1ncc(COc2cccnc2)c1C(=O)O. The molecule has 2 aromatic heterocycles. The zero-order valence-corrected chi connectivity index (χ0v) is 9.20. The normalized spacial score (nSPS) is 10.2. The van der Waals surface area contributed by atoms with E-state index in [1.54, 1.807) is 31.6 Å². The minimum atomic E-state index is -1.02. The Labute approximate surface area is 97.5 Å². The monoisotopic (exact) mass is 233 g/mol. The number of ether oxygens (including phenoxy) is 1. The molecule has 2 aromatic rings. The Bertz CT molecular complexity index is 522. The zero-order valence-electron chi connectivity index (χ0n) is 9.20. The number of carbonyl (C=O) groups is 1. The van der Waals surface area contributed by atoms with E-state index in [1.807, 2.05) is 0 Å². The number of carboxylic acid groups (broad SMARTS) is 1. The molecule has 2 rings (SSSR count). The van der Waals surface area contributed by atoms with Gasteiger partial charge in [0.05, 0.1) is 12.4 Å². The van der Waals surface area contributed by atoms with Crippen LogP contribution in [0.5, 0.6) is 5.75 Å². The van der Waals surface area contributed by atoms with E-state index in [1.165, 1.54) is 10.9 Å². The van der Waals surface area contributed by atoms with Gasteiger partial charge in [-0.25, -0.2) is 4.79 Å². The van der Waals surface area contributed by atoms with Crippen LogP contribution in [0.15, 0.2) is 30.7 Å². The van der Waals surface area contributed by atoms with Gasteiger partial charge in [-0.3, -0.25) is 9.67 Å². The van der Waals surface area contributed by atoms with Crippen LogP contribution in [0.3, 0.4) is 0 Å². The molecule has 6 heteroatoms. The summed E-state index contributed by atoms with van der Waals surface area (Å²) < 4.78 is 6.73. The van der Waals surface area contributed by atoms with Crippen molar-refractivity contribution in [1.29, 1.82) is 0 Å². The molecule has 17 heavy (non-hydrogen) atoms. The lowest BCUT2D eigenvalue weighted by Gasteiger charge is -2.04. The lowest BCUT2D eigenvalue weighted by Crippen LogP contribution is -2.09. The van der Waals surface area contributed by atoms with Gasteiger partial charge in [-0.15, -0.1) is 0 Å². The molecule has 0 amide bonds. The van der Waals surface area contributed by atoms with Gasteiger partial charge in [-0.1, -0.05) is 0 Å². The average molecular weight is 233 g/mol. The first kappa shape index (κ1) is 11.1. The van der Waals surface area contributed by atoms with Gasteiger partial charge in [-0.2, -0.15) is 5.10 Å². The molecule has 0 saturated heterocycles. The van der Waals surface area contributed by atoms with Gasteiger partial charge in [-0.05, 0) is 12.1 Å². The summed E-state index contributed by atoms with van der Waals surface area (Å²) in [6.45, 7) is 0.154. The summed E-state index contributed by atoms with van der Waals surface area (Å²) in [6, 6.07) is 3.50. The molecule has 1 N–H and O–H groups in total. The van der Waals surface area contributed by atoms with Crippen LogP contribution in [-0.4, -0.2) is 25.8 Å². The lowest BCUT2D eigenvalue weighted by molar-refractivity contribution is 0.0682. The van der Waals surface area contributed by atoms with Crippen molar-refractivity contribution in [3.05, 3.63) is 42.0 Å². The summed E-state index contributed by atoms with van der Waals surface area (Å²) in [4.78, 5) is 14.9. The number of rotatable bonds is 4. The number of pyridine rings is 1. The van der Waals surface area contributed by atoms with E-state index in [2.05, 4.69) is 10.1 Å². The maximum atomic E-state index is 11.0. The van der Waals surface area contributed by atoms with E-state index in [0.717, 1.165) is 0 Å². The van der Waals surface area contributed by atoms with Crippen molar-refractivity contribution in [1.82, 2.24) is 14.8 Å². The van der Waals surface area contributed by atoms with Gasteiger partial charge in [0, 0.05) is 18.8 Å². The van der Waals surface area contributed by atoms with Crippen LogP contribution >= 0.6 is 0 Å². The lowest BCUT2D eigenvalue weighted by atomic mass is 10.2. The van der Waals surface area contributed by atoms with Crippen LogP contribution in [0, 0.1) is 0 Å². The first-order valence-electron chi connectivity index (χ1n) is 4.95. The number of nitrogens with zero attached hydrogens (tertiary/aromatic N) is 3. The smallest absolute Gasteiger partial charge is 0.354 e. The third-order valence-corrected chi connectivity index (χ3v) is 2.25. The van der Waals surface area contributed by atoms with Crippen LogP contribution in [0.1, 0.15) is 16.1 Å². The molecule has 0 aliphatic heterocycles. The molecule has 0 aliphatic rings. The van der Waals surface area contributed by atoms with Crippen molar-refractivity contribution in [3.8, 4) is 5.75 Å². The molecule has 0 atom stereocenters. The highest BCUT2D eigenvalue weighted by Gasteiger charge is 2.15. The molecule has 6 nitrogen and oxygen atoms in total. The van der Waals surface area contributed by atoms with Crippen LogP contribution in [0.4, 0.5) is 0 Å². The highest BCUT2D eigenvalue weighted by molar-refractivity contribution is 5.87. The quantitative estimate of drug-likeness (QED) is 0.855. The van der Waals surface area contributed by atoms with E-state index in [-0.39, 0.29) is 12.3 Å². The molecule has 88 valence electrons. The average Bonchev–Trinajstić information content (AvgIpc) is 2.69. The van der Waals surface area contributed by atoms with Gasteiger partial charge in [0.1, 0.15) is 12.4 Å². The molecular weight excluding hydrogens is 222 g/mol. The van der Waals surface area contributed by atoms with Crippen molar-refractivity contribution < 1.29 is 14.6 Å². The van der Waals surface area contributed by atoms with Crippen LogP contribution in [0.2, 0.25) is 0 Å². The number of aryl methyl sites for hydroxylation is 1. The molecule has 2 heterocycles. The van der Waals surface area contributed by atoms with E-state index in [0.29, 0.717) is 11.3 Å². The minimum Gasteiger partial charge on any atom is -0.487 e. The number of aromatic nitrogens is 3. The van der Waals surface area contributed by atoms with E-state index in [4.69, 9.17) is 9.84 Å². The van der Waals surface area contributed by atoms with Gasteiger partial charge >= 0.3 is 5.97 Å². The first-order valence-corrected chi connectivity index (χ1v) is 4.95. The van der Waals surface area contributed by atoms with Gasteiger partial charge in [0.15, 0.2) is 5.69 Å². The number of hydrogen-bond donors (Lipinski definition) is 1. The van der Waals surface area contributed by atoms with Crippen molar-refractivity contribution >= 4 is 5.97 Å². The predicted octanol–water partition coefficient (Wildman–Crippen LogP) is 1.09. The largest absolute Gasteiger partial charge is 0.487 e. The molecule has 0 bridgehead atoms. The van der Waals surface area contributed by atoms with E-state index >= 15 is 0 Å². The van der Waals surface area contributed by atoms with E-state index < -0.39 is 5.97 Å². The van der Waals surface area contributed by atoms with Crippen molar-refractivity contribution in [3.63, 3.8) is 0 Å². The van der Waals surface area contributed by atoms with Crippen LogP contribution < -0.4 is 4.74 Å². The number of aromatic carboxylic acids is 1. The van der Waals surface area contributed by atoms with Crippen molar-refractivity contribution in [2.75, 3.05) is 0 Å². The van der Waals surface area contributed by atoms with Gasteiger partial charge < -0.3 is 9.84 Å². The fourth-order valence-electron chi connectivity index (χ4n) is 1.46. The fourth-order valence-corrected chi connectivity index (χ4v) is 1.46. The summed E-state index contributed by atoms with van der Waals surface area (Å²) >= 11 is 0. The highest BCUT2D eigenvalue weighted by Crippen LogP contribution is 2.13. The molecule has 0 radical (unpaired) electrons. The Morgan fingerprint density at radius 3 is 3.00 bits per heavy atom. The summed E-state index contributed by atoms with van der Waals surface area (Å²) in [5.41, 5.74) is 0.665. The van der Waals surface area contributed by atoms with Crippen molar-refractivity contribution in [2.24, 2.45) is 7.05 Å². The van der Waals surface area contributed by atoms with Crippen LogP contribution in [0.25, 0.3) is 0 Å². The van der Waals surface area contributed by atoms with Gasteiger partial charge in [0.25, 0.3) is 0 Å².